The summed E-state index contributed by atoms with van der Waals surface area (Å²) in [5.74, 6) is 0. The van der Waals surface area contributed by atoms with Gasteiger partial charge in [-0.3, -0.25) is 9.11 Å². The Morgan fingerprint density at radius 1 is 0.786 bits per heavy atom. The summed E-state index contributed by atoms with van der Waals surface area (Å²) in [5, 5.41) is 9.24. The van der Waals surface area contributed by atoms with E-state index in [0.717, 1.165) is 25.7 Å². The van der Waals surface area contributed by atoms with Gasteiger partial charge in [0.2, 0.25) is 4.58 Å². The molecule has 0 radical (unpaired) electrons. The van der Waals surface area contributed by atoms with Crippen molar-refractivity contribution in [1.82, 2.24) is 0 Å². The van der Waals surface area contributed by atoms with E-state index >= 15 is 0 Å². The van der Waals surface area contributed by atoms with Crippen molar-refractivity contribution in [1.29, 1.82) is 0 Å². The maximum absolute atomic E-state index is 11.2. The molecule has 0 aliphatic carbocycles. The Balaban J connectivity index is 0. The van der Waals surface area contributed by atoms with E-state index in [1.165, 1.54) is 38.5 Å². The number of aliphatic hydroxyl groups excluding tert-OH is 1. The molecule has 3 N–H and O–H groups in total. The molecule has 11 heteroatoms. The fourth-order valence-electron chi connectivity index (χ4n) is 3.02. The molecule has 0 fully saturated rings. The van der Waals surface area contributed by atoms with Crippen molar-refractivity contribution in [3.8, 4) is 0 Å². The molecule has 166 valence electrons. The van der Waals surface area contributed by atoms with E-state index in [0.29, 0.717) is 6.42 Å². The van der Waals surface area contributed by atoms with Crippen LogP contribution in [0, 0.1) is 0 Å². The van der Waals surface area contributed by atoms with Crippen molar-refractivity contribution in [2.45, 2.75) is 101 Å². The second-order valence-electron chi connectivity index (χ2n) is 7.04. The summed E-state index contributed by atoms with van der Waals surface area (Å²) < 4.78 is 65.6. The SMILES string of the molecule is CCCCCCCCCCCCC(C)OC(CO)C(S(=O)(=O)O)S(=O)(=O)O.[NaH]. The van der Waals surface area contributed by atoms with E-state index in [2.05, 4.69) is 6.92 Å². The van der Waals surface area contributed by atoms with Crippen LogP contribution in [0.2, 0.25) is 0 Å². The normalized spacial score (nSPS) is 14.6. The number of rotatable bonds is 17. The summed E-state index contributed by atoms with van der Waals surface area (Å²) in [6.07, 6.45) is 9.90. The molecule has 0 heterocycles. The van der Waals surface area contributed by atoms with Crippen molar-refractivity contribution < 1.29 is 35.8 Å². The van der Waals surface area contributed by atoms with Gasteiger partial charge in [0, 0.05) is 0 Å². The van der Waals surface area contributed by atoms with Crippen molar-refractivity contribution >= 4 is 49.8 Å². The third-order valence-corrected chi connectivity index (χ3v) is 7.68. The number of unbranched alkanes of at least 4 members (excludes halogenated alkanes) is 9. The minimum absolute atomic E-state index is 0. The second kappa shape index (κ2) is 16.4. The first-order chi connectivity index (χ1) is 12.5. The van der Waals surface area contributed by atoms with Crippen LogP contribution in [0.3, 0.4) is 0 Å². The molecule has 2 unspecified atom stereocenters. The monoisotopic (exact) mass is 456 g/mol. The molecule has 0 saturated carbocycles. The predicted molar refractivity (Wildman–Crippen MR) is 112 cm³/mol. The van der Waals surface area contributed by atoms with Crippen LogP contribution in [0.4, 0.5) is 0 Å². The van der Waals surface area contributed by atoms with Crippen molar-refractivity contribution in [2.24, 2.45) is 0 Å². The van der Waals surface area contributed by atoms with E-state index in [-0.39, 0.29) is 29.6 Å². The van der Waals surface area contributed by atoms with Gasteiger partial charge in [0.1, 0.15) is 6.10 Å². The second-order valence-corrected chi connectivity index (χ2v) is 10.4. The molecule has 0 spiro atoms. The van der Waals surface area contributed by atoms with Gasteiger partial charge in [-0.25, -0.2) is 0 Å². The third kappa shape index (κ3) is 14.7. The van der Waals surface area contributed by atoms with Crippen LogP contribution in [0.15, 0.2) is 0 Å². The van der Waals surface area contributed by atoms with Gasteiger partial charge in [-0.1, -0.05) is 71.1 Å². The van der Waals surface area contributed by atoms with Crippen LogP contribution >= 0.6 is 0 Å². The Morgan fingerprint density at radius 2 is 1.18 bits per heavy atom. The predicted octanol–water partition coefficient (Wildman–Crippen LogP) is 2.52. The molecule has 28 heavy (non-hydrogen) atoms. The molecule has 0 aliphatic rings. The van der Waals surface area contributed by atoms with Crippen LogP contribution in [0.1, 0.15) is 84.5 Å². The zero-order valence-corrected chi connectivity index (χ0v) is 18.0. The summed E-state index contributed by atoms with van der Waals surface area (Å²) in [7, 11) is -10.3. The molecule has 0 aromatic rings. The maximum atomic E-state index is 11.2. The average Bonchev–Trinajstić information content (AvgIpc) is 2.53. The van der Waals surface area contributed by atoms with E-state index in [9.17, 15) is 21.9 Å². The topological polar surface area (TPSA) is 138 Å². The Kier molecular flexibility index (Phi) is 18.2. The van der Waals surface area contributed by atoms with Crippen molar-refractivity contribution in [3.05, 3.63) is 0 Å². The van der Waals surface area contributed by atoms with E-state index in [4.69, 9.17) is 13.8 Å². The molecular weight excluding hydrogens is 419 g/mol. The van der Waals surface area contributed by atoms with Crippen molar-refractivity contribution in [2.75, 3.05) is 6.61 Å². The quantitative estimate of drug-likeness (QED) is 0.172. The standard InChI is InChI=1S/C17H36O8S2.Na.H/c1-3-4-5-6-7-8-9-10-11-12-13-15(2)25-16(14-18)17(26(19,20)21)27(22,23)24;;/h15-18H,3-14H2,1-2H3,(H,19,20,21)(H,22,23,24);;. The van der Waals surface area contributed by atoms with Crippen LogP contribution in [-0.2, 0) is 25.0 Å². The van der Waals surface area contributed by atoms with Gasteiger partial charge in [-0.15, -0.1) is 0 Å². The fraction of sp³-hybridized carbons (Fsp3) is 1.00. The molecule has 0 aromatic heterocycles. The summed E-state index contributed by atoms with van der Waals surface area (Å²) in [4.78, 5) is 0. The van der Waals surface area contributed by atoms with Crippen molar-refractivity contribution in [3.63, 3.8) is 0 Å². The zero-order valence-electron chi connectivity index (χ0n) is 16.4. The minimum atomic E-state index is -5.15. The molecular formula is C17H37NaO8S2. The molecule has 0 saturated heterocycles. The number of hydrogen-bond donors (Lipinski definition) is 3. The summed E-state index contributed by atoms with van der Waals surface area (Å²) in [5.41, 5.74) is 0. The molecule has 0 aromatic carbocycles. The van der Waals surface area contributed by atoms with E-state index in [1.54, 1.807) is 6.92 Å². The summed E-state index contributed by atoms with van der Waals surface area (Å²) in [6.45, 7) is 2.85. The van der Waals surface area contributed by atoms with Gasteiger partial charge in [-0.05, 0) is 13.3 Å². The van der Waals surface area contributed by atoms with Gasteiger partial charge >= 0.3 is 29.6 Å². The Bertz CT molecular complexity index is 548. The average molecular weight is 457 g/mol. The van der Waals surface area contributed by atoms with Gasteiger partial charge in [0.25, 0.3) is 20.2 Å². The van der Waals surface area contributed by atoms with Gasteiger partial charge in [0.15, 0.2) is 0 Å². The molecule has 0 aliphatic heterocycles. The molecule has 2 atom stereocenters. The number of hydrogen-bond acceptors (Lipinski definition) is 6. The van der Waals surface area contributed by atoms with Crippen LogP contribution in [0.5, 0.6) is 0 Å². The van der Waals surface area contributed by atoms with Crippen LogP contribution < -0.4 is 0 Å². The van der Waals surface area contributed by atoms with Gasteiger partial charge in [-0.2, -0.15) is 16.8 Å². The first kappa shape index (κ1) is 30.9. The van der Waals surface area contributed by atoms with Gasteiger partial charge in [0.05, 0.1) is 12.7 Å². The first-order valence-electron chi connectivity index (χ1n) is 9.73. The van der Waals surface area contributed by atoms with E-state index < -0.39 is 43.6 Å². The molecule has 0 amide bonds. The van der Waals surface area contributed by atoms with Gasteiger partial charge < -0.3 is 9.84 Å². The van der Waals surface area contributed by atoms with Crippen LogP contribution in [-0.4, -0.2) is 84.0 Å². The number of aliphatic hydroxyl groups is 1. The van der Waals surface area contributed by atoms with Crippen LogP contribution in [0.25, 0.3) is 0 Å². The molecule has 8 nitrogen and oxygen atoms in total. The fourth-order valence-corrected chi connectivity index (χ4v) is 5.31. The Morgan fingerprint density at radius 3 is 1.54 bits per heavy atom. The Hall–Kier alpha value is 0.740. The number of ether oxygens (including phenoxy) is 1. The van der Waals surface area contributed by atoms with E-state index in [1.807, 2.05) is 0 Å². The first-order valence-corrected chi connectivity index (χ1v) is 12.7. The summed E-state index contributed by atoms with van der Waals surface area (Å²) >= 11 is 0. The molecule has 0 bridgehead atoms. The zero-order chi connectivity index (χ0) is 20.9. The third-order valence-electron chi connectivity index (χ3n) is 4.44. The Labute approximate surface area is 192 Å². The summed E-state index contributed by atoms with van der Waals surface area (Å²) in [6, 6.07) is 0. The molecule has 0 rings (SSSR count).